The lowest BCUT2D eigenvalue weighted by molar-refractivity contribution is 0.113. The quantitative estimate of drug-likeness (QED) is 0.280. The minimum Gasteiger partial charge on any atom is -0.379 e. The Kier molecular flexibility index (Phi) is 11.0. The van der Waals surface area contributed by atoms with Gasteiger partial charge in [0.15, 0.2) is 0 Å². The van der Waals surface area contributed by atoms with E-state index in [1.165, 1.54) is 70.6 Å². The summed E-state index contributed by atoms with van der Waals surface area (Å²) in [5, 5.41) is 0. The molecule has 4 heteroatoms. The van der Waals surface area contributed by atoms with Crippen molar-refractivity contribution >= 4 is 0 Å². The molecule has 0 N–H and O–H groups in total. The van der Waals surface area contributed by atoms with Gasteiger partial charge in [0.05, 0.1) is 26.4 Å². The second-order valence-electron chi connectivity index (χ2n) is 6.95. The molecule has 0 aromatic carbocycles. The van der Waals surface area contributed by atoms with Gasteiger partial charge >= 0.3 is 0 Å². The van der Waals surface area contributed by atoms with Gasteiger partial charge in [0.2, 0.25) is 0 Å². The number of unbranched alkanes of at least 4 members (excludes halogenated alkanes) is 10. The van der Waals surface area contributed by atoms with Gasteiger partial charge in [-0.15, -0.1) is 0 Å². The first-order valence-corrected chi connectivity index (χ1v) is 9.84. The summed E-state index contributed by atoms with van der Waals surface area (Å²) < 4.78 is 21.3. The Morgan fingerprint density at radius 2 is 0.826 bits per heavy atom. The summed E-state index contributed by atoms with van der Waals surface area (Å²) in [7, 11) is 0. The zero-order chi connectivity index (χ0) is 16.0. The van der Waals surface area contributed by atoms with E-state index in [2.05, 4.69) is 0 Å². The van der Waals surface area contributed by atoms with Gasteiger partial charge in [-0.3, -0.25) is 0 Å². The number of epoxide rings is 2. The zero-order valence-electron chi connectivity index (χ0n) is 14.8. The fraction of sp³-hybridized carbons (Fsp3) is 1.00. The molecule has 0 bridgehead atoms. The maximum atomic E-state index is 5.54. The fourth-order valence-electron chi connectivity index (χ4n) is 2.76. The molecule has 2 aliphatic heterocycles. The maximum absolute atomic E-state index is 5.54. The van der Waals surface area contributed by atoms with E-state index in [9.17, 15) is 0 Å². The number of hydrogen-bond donors (Lipinski definition) is 0. The third kappa shape index (κ3) is 12.9. The molecule has 23 heavy (non-hydrogen) atoms. The van der Waals surface area contributed by atoms with Crippen molar-refractivity contribution in [1.29, 1.82) is 0 Å². The molecule has 0 aromatic heterocycles. The summed E-state index contributed by atoms with van der Waals surface area (Å²) in [6.07, 6.45) is 15.6. The molecule has 0 amide bonds. The molecule has 4 nitrogen and oxygen atoms in total. The van der Waals surface area contributed by atoms with Gasteiger partial charge in [0.25, 0.3) is 0 Å². The number of hydrogen-bond acceptors (Lipinski definition) is 4. The topological polar surface area (TPSA) is 43.5 Å². The molecule has 2 fully saturated rings. The van der Waals surface area contributed by atoms with Gasteiger partial charge in [0.1, 0.15) is 12.2 Å². The predicted molar refractivity (Wildman–Crippen MR) is 91.9 cm³/mol. The molecule has 2 atom stereocenters. The molecule has 2 heterocycles. The average Bonchev–Trinajstić information content (AvgIpc) is 3.45. The Morgan fingerprint density at radius 3 is 1.13 bits per heavy atom. The van der Waals surface area contributed by atoms with E-state index in [-0.39, 0.29) is 0 Å². The summed E-state index contributed by atoms with van der Waals surface area (Å²) in [6.45, 7) is 5.25. The predicted octanol–water partition coefficient (Wildman–Crippen LogP) is 4.11. The molecule has 0 saturated carbocycles. The van der Waals surface area contributed by atoms with Crippen molar-refractivity contribution < 1.29 is 18.9 Å². The van der Waals surface area contributed by atoms with Crippen LogP contribution in [0.2, 0.25) is 0 Å². The van der Waals surface area contributed by atoms with Crippen molar-refractivity contribution in [3.8, 4) is 0 Å². The monoisotopic (exact) mass is 328 g/mol. The highest BCUT2D eigenvalue weighted by Gasteiger charge is 2.22. The van der Waals surface area contributed by atoms with Crippen LogP contribution >= 0.6 is 0 Å². The second kappa shape index (κ2) is 13.2. The smallest absolute Gasteiger partial charge is 0.104 e. The van der Waals surface area contributed by atoms with Crippen LogP contribution in [-0.4, -0.2) is 51.8 Å². The minimum atomic E-state index is 0.417. The Morgan fingerprint density at radius 1 is 0.522 bits per heavy atom. The summed E-state index contributed by atoms with van der Waals surface area (Å²) in [5.41, 5.74) is 0. The first-order valence-electron chi connectivity index (χ1n) is 9.84. The average molecular weight is 328 g/mol. The number of ether oxygens (including phenoxy) is 4. The van der Waals surface area contributed by atoms with Crippen molar-refractivity contribution in [3.05, 3.63) is 0 Å². The highest BCUT2D eigenvalue weighted by atomic mass is 16.6. The van der Waals surface area contributed by atoms with Crippen molar-refractivity contribution in [2.45, 2.75) is 82.8 Å². The van der Waals surface area contributed by atoms with Crippen LogP contribution in [0.15, 0.2) is 0 Å². The molecular weight excluding hydrogens is 292 g/mol. The molecule has 2 rings (SSSR count). The third-order valence-electron chi connectivity index (χ3n) is 4.49. The van der Waals surface area contributed by atoms with Crippen LogP contribution in [0.5, 0.6) is 0 Å². The standard InChI is InChI=1S/C19H36O4/c1(2-4-6-8-10-12-20-14-18-16-22-18)3-5-7-9-11-13-21-15-19-17-23-19/h18-19H,1-17H2. The van der Waals surface area contributed by atoms with Crippen LogP contribution in [0, 0.1) is 0 Å². The van der Waals surface area contributed by atoms with Crippen LogP contribution in [0.1, 0.15) is 70.6 Å². The molecule has 2 unspecified atom stereocenters. The van der Waals surface area contributed by atoms with Gasteiger partial charge in [-0.1, -0.05) is 57.8 Å². The summed E-state index contributed by atoms with van der Waals surface area (Å²) >= 11 is 0. The summed E-state index contributed by atoms with van der Waals surface area (Å²) in [4.78, 5) is 0. The van der Waals surface area contributed by atoms with E-state index in [1.54, 1.807) is 0 Å². The summed E-state index contributed by atoms with van der Waals surface area (Å²) in [6, 6.07) is 0. The first kappa shape index (κ1) is 19.2. The lowest BCUT2D eigenvalue weighted by Crippen LogP contribution is -2.02. The highest BCUT2D eigenvalue weighted by Crippen LogP contribution is 2.13. The van der Waals surface area contributed by atoms with Gasteiger partial charge < -0.3 is 18.9 Å². The molecule has 0 aromatic rings. The minimum absolute atomic E-state index is 0.417. The van der Waals surface area contributed by atoms with Crippen molar-refractivity contribution in [3.63, 3.8) is 0 Å². The van der Waals surface area contributed by atoms with Crippen LogP contribution < -0.4 is 0 Å². The summed E-state index contributed by atoms with van der Waals surface area (Å²) in [5.74, 6) is 0. The Bertz CT molecular complexity index is 238. The Hall–Kier alpha value is -0.160. The molecular formula is C19H36O4. The zero-order valence-corrected chi connectivity index (χ0v) is 14.8. The van der Waals surface area contributed by atoms with Crippen molar-refractivity contribution in [2.75, 3.05) is 39.6 Å². The van der Waals surface area contributed by atoms with Crippen molar-refractivity contribution in [2.24, 2.45) is 0 Å². The maximum Gasteiger partial charge on any atom is 0.104 e. The number of rotatable bonds is 18. The van der Waals surface area contributed by atoms with E-state index < -0.39 is 0 Å². The molecule has 0 aliphatic carbocycles. The van der Waals surface area contributed by atoms with E-state index in [1.807, 2.05) is 0 Å². The third-order valence-corrected chi connectivity index (χ3v) is 4.49. The van der Waals surface area contributed by atoms with Gasteiger partial charge in [-0.2, -0.15) is 0 Å². The second-order valence-corrected chi connectivity index (χ2v) is 6.95. The molecule has 136 valence electrons. The molecule has 0 radical (unpaired) electrons. The van der Waals surface area contributed by atoms with Crippen LogP contribution in [-0.2, 0) is 18.9 Å². The van der Waals surface area contributed by atoms with E-state index in [0.717, 1.165) is 39.6 Å². The van der Waals surface area contributed by atoms with E-state index >= 15 is 0 Å². The largest absolute Gasteiger partial charge is 0.379 e. The van der Waals surface area contributed by atoms with Crippen molar-refractivity contribution in [1.82, 2.24) is 0 Å². The Balaban J connectivity index is 1.15. The van der Waals surface area contributed by atoms with E-state index in [0.29, 0.717) is 12.2 Å². The molecule has 2 saturated heterocycles. The fourth-order valence-corrected chi connectivity index (χ4v) is 2.76. The normalized spacial score (nSPS) is 22.4. The van der Waals surface area contributed by atoms with Gasteiger partial charge in [-0.05, 0) is 12.8 Å². The molecule has 2 aliphatic rings. The van der Waals surface area contributed by atoms with Crippen LogP contribution in [0.4, 0.5) is 0 Å². The van der Waals surface area contributed by atoms with Gasteiger partial charge in [-0.25, -0.2) is 0 Å². The van der Waals surface area contributed by atoms with Crippen LogP contribution in [0.25, 0.3) is 0 Å². The Labute approximate surface area is 142 Å². The first-order chi connectivity index (χ1) is 11.4. The SMILES string of the molecule is C(CCCCCCOCC1CO1)CCCCCCOCC1CO1. The highest BCUT2D eigenvalue weighted by molar-refractivity contribution is 4.67. The van der Waals surface area contributed by atoms with E-state index in [4.69, 9.17) is 18.9 Å². The molecule has 0 spiro atoms. The van der Waals surface area contributed by atoms with Gasteiger partial charge in [0, 0.05) is 13.2 Å². The lowest BCUT2D eigenvalue weighted by atomic mass is 10.1. The van der Waals surface area contributed by atoms with Crippen LogP contribution in [0.3, 0.4) is 0 Å². The lowest BCUT2D eigenvalue weighted by Gasteiger charge is -2.04.